The number of benzene rings is 1. The molecule has 1 N–H and O–H groups in total. The van der Waals surface area contributed by atoms with E-state index in [0.717, 1.165) is 6.07 Å². The second-order valence-corrected chi connectivity index (χ2v) is 4.30. The molecule has 0 aliphatic carbocycles. The van der Waals surface area contributed by atoms with Gasteiger partial charge in [0.1, 0.15) is 18.2 Å². The minimum Gasteiger partial charge on any atom is -0.490 e. The lowest BCUT2D eigenvalue weighted by molar-refractivity contribution is 0.0281. The summed E-state index contributed by atoms with van der Waals surface area (Å²) in [6, 6.07) is 3.73. The van der Waals surface area contributed by atoms with Crippen molar-refractivity contribution in [2.45, 2.75) is 26.4 Å². The van der Waals surface area contributed by atoms with E-state index in [4.69, 9.17) is 4.74 Å². The molecule has 1 aromatic carbocycles. The number of aliphatic hydroxyl groups is 1. The maximum atomic E-state index is 12.9. The van der Waals surface area contributed by atoms with E-state index in [1.807, 2.05) is 0 Å². The van der Waals surface area contributed by atoms with E-state index in [1.165, 1.54) is 19.1 Å². The highest BCUT2D eigenvalue weighted by atomic mass is 19.1. The van der Waals surface area contributed by atoms with Gasteiger partial charge in [-0.3, -0.25) is 4.79 Å². The number of rotatable bonds is 4. The minimum absolute atomic E-state index is 0.0406. The SMILES string of the molecule is CC(=O)c1cc(F)ccc1OCC(C)(C)O. The smallest absolute Gasteiger partial charge is 0.163 e. The Kier molecular flexibility index (Phi) is 3.65. The van der Waals surface area contributed by atoms with E-state index < -0.39 is 11.4 Å². The highest BCUT2D eigenvalue weighted by Crippen LogP contribution is 2.21. The maximum absolute atomic E-state index is 12.9. The van der Waals surface area contributed by atoms with Crippen LogP contribution in [0.4, 0.5) is 4.39 Å². The molecular weight excluding hydrogens is 211 g/mol. The Hall–Kier alpha value is -1.42. The molecule has 3 nitrogen and oxygen atoms in total. The van der Waals surface area contributed by atoms with Gasteiger partial charge < -0.3 is 9.84 Å². The van der Waals surface area contributed by atoms with Crippen LogP contribution in [0, 0.1) is 5.82 Å². The first-order valence-electron chi connectivity index (χ1n) is 4.95. The Morgan fingerprint density at radius 1 is 1.50 bits per heavy atom. The Morgan fingerprint density at radius 2 is 2.12 bits per heavy atom. The van der Waals surface area contributed by atoms with E-state index >= 15 is 0 Å². The van der Waals surface area contributed by atoms with Gasteiger partial charge in [-0.25, -0.2) is 4.39 Å². The van der Waals surface area contributed by atoms with Crippen molar-refractivity contribution in [1.29, 1.82) is 0 Å². The molecule has 0 amide bonds. The van der Waals surface area contributed by atoms with Crippen LogP contribution in [0.25, 0.3) is 0 Å². The third-order valence-electron chi connectivity index (χ3n) is 1.90. The fraction of sp³-hybridized carbons (Fsp3) is 0.417. The van der Waals surface area contributed by atoms with Gasteiger partial charge in [0.2, 0.25) is 0 Å². The maximum Gasteiger partial charge on any atom is 0.163 e. The minimum atomic E-state index is -0.998. The number of hydrogen-bond acceptors (Lipinski definition) is 3. The summed E-state index contributed by atoms with van der Waals surface area (Å²) in [5.41, 5.74) is -0.813. The number of hydrogen-bond donors (Lipinski definition) is 1. The lowest BCUT2D eigenvalue weighted by Crippen LogP contribution is -2.28. The molecule has 0 unspecified atom stereocenters. The summed E-state index contributed by atoms with van der Waals surface area (Å²) in [4.78, 5) is 11.2. The number of carbonyl (C=O) groups excluding carboxylic acids is 1. The van der Waals surface area contributed by atoms with Gasteiger partial charge in [-0.2, -0.15) is 0 Å². The first-order chi connectivity index (χ1) is 7.29. The molecule has 1 aromatic rings. The van der Waals surface area contributed by atoms with Crippen molar-refractivity contribution in [3.05, 3.63) is 29.6 Å². The van der Waals surface area contributed by atoms with Gasteiger partial charge in [-0.15, -0.1) is 0 Å². The quantitative estimate of drug-likeness (QED) is 0.800. The molecule has 16 heavy (non-hydrogen) atoms. The summed E-state index contributed by atoms with van der Waals surface area (Å²) in [5, 5.41) is 9.48. The van der Waals surface area contributed by atoms with Gasteiger partial charge in [-0.1, -0.05) is 0 Å². The zero-order valence-electron chi connectivity index (χ0n) is 9.58. The fourth-order valence-electron chi connectivity index (χ4n) is 1.16. The van der Waals surface area contributed by atoms with Gasteiger partial charge >= 0.3 is 0 Å². The highest BCUT2D eigenvalue weighted by Gasteiger charge is 2.16. The fourth-order valence-corrected chi connectivity index (χ4v) is 1.16. The molecule has 4 heteroatoms. The molecule has 0 bridgehead atoms. The normalized spacial score (nSPS) is 11.3. The molecule has 0 fully saturated rings. The van der Waals surface area contributed by atoms with Crippen molar-refractivity contribution >= 4 is 5.78 Å². The van der Waals surface area contributed by atoms with Crippen LogP contribution in [0.3, 0.4) is 0 Å². The number of ketones is 1. The molecule has 0 radical (unpaired) electrons. The van der Waals surface area contributed by atoms with E-state index in [0.29, 0.717) is 0 Å². The van der Waals surface area contributed by atoms with Crippen LogP contribution in [-0.4, -0.2) is 23.1 Å². The highest BCUT2D eigenvalue weighted by molar-refractivity contribution is 5.96. The van der Waals surface area contributed by atoms with Crippen LogP contribution in [0.1, 0.15) is 31.1 Å². The Balaban J connectivity index is 2.91. The molecular formula is C12H15FO3. The molecule has 0 saturated carbocycles. The standard InChI is InChI=1S/C12H15FO3/c1-8(14)10-6-9(13)4-5-11(10)16-7-12(2,3)15/h4-6,15H,7H2,1-3H3. The predicted octanol–water partition coefficient (Wildman–Crippen LogP) is 2.18. The molecule has 1 rings (SSSR count). The van der Waals surface area contributed by atoms with Crippen LogP contribution in [0.15, 0.2) is 18.2 Å². The summed E-state index contributed by atoms with van der Waals surface area (Å²) in [7, 11) is 0. The lowest BCUT2D eigenvalue weighted by atomic mass is 10.1. The van der Waals surface area contributed by atoms with Crippen LogP contribution < -0.4 is 4.74 Å². The summed E-state index contributed by atoms with van der Waals surface area (Å²) < 4.78 is 18.2. The van der Waals surface area contributed by atoms with Crippen molar-refractivity contribution in [2.24, 2.45) is 0 Å². The first-order valence-corrected chi connectivity index (χ1v) is 4.95. The monoisotopic (exact) mass is 226 g/mol. The van der Waals surface area contributed by atoms with Gasteiger partial charge in [0, 0.05) is 0 Å². The van der Waals surface area contributed by atoms with Crippen LogP contribution >= 0.6 is 0 Å². The van der Waals surface area contributed by atoms with Crippen molar-refractivity contribution < 1.29 is 19.0 Å². The summed E-state index contributed by atoms with van der Waals surface area (Å²) in [5.74, 6) is -0.470. The molecule has 0 aromatic heterocycles. The van der Waals surface area contributed by atoms with Crippen LogP contribution in [0.5, 0.6) is 5.75 Å². The molecule has 88 valence electrons. The number of ether oxygens (including phenoxy) is 1. The van der Waals surface area contributed by atoms with Crippen molar-refractivity contribution in [2.75, 3.05) is 6.61 Å². The average Bonchev–Trinajstić information content (AvgIpc) is 2.14. The Labute approximate surface area is 93.9 Å². The van der Waals surface area contributed by atoms with Crippen molar-refractivity contribution in [3.63, 3.8) is 0 Å². The first kappa shape index (κ1) is 12.6. The zero-order chi connectivity index (χ0) is 12.3. The molecule has 0 spiro atoms. The number of carbonyl (C=O) groups is 1. The van der Waals surface area contributed by atoms with E-state index in [-0.39, 0.29) is 23.7 Å². The summed E-state index contributed by atoms with van der Waals surface area (Å²) >= 11 is 0. The van der Waals surface area contributed by atoms with E-state index in [2.05, 4.69) is 0 Å². The second kappa shape index (κ2) is 4.61. The van der Waals surface area contributed by atoms with E-state index in [1.54, 1.807) is 13.8 Å². The van der Waals surface area contributed by atoms with Crippen molar-refractivity contribution in [3.8, 4) is 5.75 Å². The summed E-state index contributed by atoms with van der Waals surface area (Å²) in [6.07, 6.45) is 0. The van der Waals surface area contributed by atoms with Crippen molar-refractivity contribution in [1.82, 2.24) is 0 Å². The molecule has 0 saturated heterocycles. The molecule has 0 heterocycles. The van der Waals surface area contributed by atoms with Crippen LogP contribution in [0.2, 0.25) is 0 Å². The van der Waals surface area contributed by atoms with Gasteiger partial charge in [0.25, 0.3) is 0 Å². The number of halogens is 1. The third-order valence-corrected chi connectivity index (χ3v) is 1.90. The average molecular weight is 226 g/mol. The van der Waals surface area contributed by atoms with E-state index in [9.17, 15) is 14.3 Å². The topological polar surface area (TPSA) is 46.5 Å². The van der Waals surface area contributed by atoms with Gasteiger partial charge in [0.05, 0.1) is 11.2 Å². The van der Waals surface area contributed by atoms with Crippen LogP contribution in [-0.2, 0) is 0 Å². The Morgan fingerprint density at radius 3 is 2.62 bits per heavy atom. The van der Waals surface area contributed by atoms with Gasteiger partial charge in [0.15, 0.2) is 5.78 Å². The summed E-state index contributed by atoms with van der Waals surface area (Å²) in [6.45, 7) is 4.55. The molecule has 0 aliphatic heterocycles. The van der Waals surface area contributed by atoms with Gasteiger partial charge in [-0.05, 0) is 39.0 Å². The Bertz CT molecular complexity index is 394. The third kappa shape index (κ3) is 3.62. The second-order valence-electron chi connectivity index (χ2n) is 4.30. The molecule has 0 atom stereocenters. The predicted molar refractivity (Wildman–Crippen MR) is 58.2 cm³/mol. The lowest BCUT2D eigenvalue weighted by Gasteiger charge is -2.18. The zero-order valence-corrected chi connectivity index (χ0v) is 9.58. The number of Topliss-reactive ketones (excluding diaryl/α,β-unsaturated/α-hetero) is 1. The largest absolute Gasteiger partial charge is 0.490 e. The molecule has 0 aliphatic rings.